The maximum atomic E-state index is 13.7. The van der Waals surface area contributed by atoms with Crippen LogP contribution in [0.4, 0.5) is 0 Å². The highest BCUT2D eigenvalue weighted by atomic mass is 16.7. The largest absolute Gasteiger partial charge is 0.465 e. The van der Waals surface area contributed by atoms with Crippen LogP contribution >= 0.6 is 0 Å². The van der Waals surface area contributed by atoms with Gasteiger partial charge in [-0.2, -0.15) is 0 Å². The topological polar surface area (TPSA) is 107 Å². The summed E-state index contributed by atoms with van der Waals surface area (Å²) >= 11 is 0. The molecule has 2 atom stereocenters. The Morgan fingerprint density at radius 2 is 1.59 bits per heavy atom. The summed E-state index contributed by atoms with van der Waals surface area (Å²) in [6.07, 6.45) is 1.73. The number of ether oxygens (including phenoxy) is 5. The molecule has 3 aromatic carbocycles. The minimum absolute atomic E-state index is 0.0216. The first-order valence-electron chi connectivity index (χ1n) is 14.8. The summed E-state index contributed by atoms with van der Waals surface area (Å²) in [6, 6.07) is 20.7. The Morgan fingerprint density at radius 3 is 2.32 bits per heavy atom. The van der Waals surface area contributed by atoms with Gasteiger partial charge in [-0.05, 0) is 52.6 Å². The summed E-state index contributed by atoms with van der Waals surface area (Å²) in [7, 11) is 1.35. The van der Waals surface area contributed by atoms with E-state index in [2.05, 4.69) is 4.90 Å². The predicted molar refractivity (Wildman–Crippen MR) is 160 cm³/mol. The van der Waals surface area contributed by atoms with E-state index in [4.69, 9.17) is 23.7 Å². The third-order valence-corrected chi connectivity index (χ3v) is 8.17. The number of aliphatic hydroxyl groups is 1. The van der Waals surface area contributed by atoms with Crippen molar-refractivity contribution in [2.24, 2.45) is 0 Å². The number of esters is 1. The summed E-state index contributed by atoms with van der Waals surface area (Å²) in [6.45, 7) is 3.90. The summed E-state index contributed by atoms with van der Waals surface area (Å²) < 4.78 is 28.1. The molecule has 1 fully saturated rings. The van der Waals surface area contributed by atoms with E-state index in [1.807, 2.05) is 65.6 Å². The molecule has 0 radical (unpaired) electrons. The number of nitrogens with zero attached hydrogens (tertiary/aromatic N) is 2. The van der Waals surface area contributed by atoms with Crippen LogP contribution in [0.3, 0.4) is 0 Å². The van der Waals surface area contributed by atoms with Gasteiger partial charge in [0.1, 0.15) is 0 Å². The molecule has 3 aromatic rings. The van der Waals surface area contributed by atoms with E-state index in [1.165, 1.54) is 7.11 Å². The van der Waals surface area contributed by atoms with Crippen LogP contribution < -0.4 is 9.47 Å². The molecular weight excluding hydrogens is 564 g/mol. The van der Waals surface area contributed by atoms with Gasteiger partial charge >= 0.3 is 5.97 Å². The average molecular weight is 601 g/mol. The third kappa shape index (κ3) is 6.88. The zero-order valence-electron chi connectivity index (χ0n) is 24.6. The van der Waals surface area contributed by atoms with Crippen molar-refractivity contribution in [2.75, 3.05) is 40.1 Å². The fraction of sp³-hybridized carbons (Fsp3) is 0.353. The van der Waals surface area contributed by atoms with Gasteiger partial charge in [-0.1, -0.05) is 42.5 Å². The molecule has 0 bridgehead atoms. The van der Waals surface area contributed by atoms with E-state index in [0.717, 1.165) is 53.4 Å². The molecule has 230 valence electrons. The summed E-state index contributed by atoms with van der Waals surface area (Å²) in [4.78, 5) is 29.8. The van der Waals surface area contributed by atoms with Crippen LogP contribution in [0.2, 0.25) is 0 Å². The first kappa shape index (κ1) is 29.7. The van der Waals surface area contributed by atoms with Gasteiger partial charge in [0.05, 0.1) is 25.9 Å². The number of piperazine rings is 1. The van der Waals surface area contributed by atoms with Crippen molar-refractivity contribution < 1.29 is 38.4 Å². The predicted octanol–water partition coefficient (Wildman–Crippen LogP) is 3.97. The van der Waals surface area contributed by atoms with Crippen LogP contribution in [0, 0.1) is 0 Å². The Labute approximate surface area is 256 Å². The first-order valence-corrected chi connectivity index (χ1v) is 14.8. The number of aliphatic hydroxyl groups excluding tert-OH is 1. The molecule has 1 saturated heterocycles. The molecule has 0 aromatic heterocycles. The zero-order valence-corrected chi connectivity index (χ0v) is 24.6. The molecule has 10 nitrogen and oxygen atoms in total. The van der Waals surface area contributed by atoms with Gasteiger partial charge in [0.25, 0.3) is 5.91 Å². The second-order valence-electron chi connectivity index (χ2n) is 11.1. The number of carbonyl (C=O) groups excluding carboxylic acids is 2. The van der Waals surface area contributed by atoms with Crippen LogP contribution in [0.25, 0.3) is 0 Å². The maximum Gasteiger partial charge on any atom is 0.337 e. The van der Waals surface area contributed by atoms with Gasteiger partial charge in [-0.3, -0.25) is 9.69 Å². The first-order chi connectivity index (χ1) is 21.5. The molecular formula is C34H36N2O8. The lowest BCUT2D eigenvalue weighted by Crippen LogP contribution is -2.49. The number of amides is 1. The molecule has 1 N–H and O–H groups in total. The Morgan fingerprint density at radius 1 is 0.886 bits per heavy atom. The Bertz CT molecular complexity index is 1500. The van der Waals surface area contributed by atoms with Gasteiger partial charge in [-0.25, -0.2) is 4.79 Å². The third-order valence-electron chi connectivity index (χ3n) is 8.17. The van der Waals surface area contributed by atoms with Gasteiger partial charge in [-0.15, -0.1) is 0 Å². The molecule has 3 heterocycles. The van der Waals surface area contributed by atoms with E-state index in [0.29, 0.717) is 31.7 Å². The second-order valence-corrected chi connectivity index (χ2v) is 11.1. The second kappa shape index (κ2) is 13.5. The van der Waals surface area contributed by atoms with E-state index in [1.54, 1.807) is 12.1 Å². The summed E-state index contributed by atoms with van der Waals surface area (Å²) in [5.41, 5.74) is 4.30. The smallest absolute Gasteiger partial charge is 0.337 e. The van der Waals surface area contributed by atoms with Crippen molar-refractivity contribution in [3.63, 3.8) is 0 Å². The number of rotatable bonds is 9. The monoisotopic (exact) mass is 600 g/mol. The van der Waals surface area contributed by atoms with Crippen molar-refractivity contribution in [3.05, 3.63) is 106 Å². The molecule has 44 heavy (non-hydrogen) atoms. The number of allylic oxidation sites excluding steroid dienone is 1. The van der Waals surface area contributed by atoms with Crippen LogP contribution in [-0.4, -0.2) is 73.2 Å². The lowest BCUT2D eigenvalue weighted by Gasteiger charge is -2.36. The number of benzene rings is 3. The highest BCUT2D eigenvalue weighted by molar-refractivity contribution is 5.92. The van der Waals surface area contributed by atoms with Crippen LogP contribution in [0.5, 0.6) is 11.5 Å². The molecule has 0 spiro atoms. The minimum atomic E-state index is -0.644. The van der Waals surface area contributed by atoms with Crippen molar-refractivity contribution in [2.45, 2.75) is 38.4 Å². The highest BCUT2D eigenvalue weighted by Gasteiger charge is 2.32. The average Bonchev–Trinajstić information content (AvgIpc) is 3.55. The molecule has 10 heteroatoms. The summed E-state index contributed by atoms with van der Waals surface area (Å²) in [5.74, 6) is 1.09. The highest BCUT2D eigenvalue weighted by Crippen LogP contribution is 2.34. The number of hydrogen-bond donors (Lipinski definition) is 1. The molecule has 0 aliphatic carbocycles. The van der Waals surface area contributed by atoms with Gasteiger partial charge in [0.15, 0.2) is 17.3 Å². The Hall–Kier alpha value is -4.38. The lowest BCUT2D eigenvalue weighted by atomic mass is 9.92. The lowest BCUT2D eigenvalue weighted by molar-refractivity contribution is -0.157. The van der Waals surface area contributed by atoms with Crippen molar-refractivity contribution in [1.29, 1.82) is 0 Å². The molecule has 1 amide bonds. The minimum Gasteiger partial charge on any atom is -0.465 e. The summed E-state index contributed by atoms with van der Waals surface area (Å²) in [5, 5.41) is 9.33. The van der Waals surface area contributed by atoms with Crippen LogP contribution in [0.1, 0.15) is 45.0 Å². The van der Waals surface area contributed by atoms with E-state index in [9.17, 15) is 14.7 Å². The molecule has 0 unspecified atom stereocenters. The van der Waals surface area contributed by atoms with Crippen LogP contribution in [-0.2, 0) is 38.8 Å². The maximum absolute atomic E-state index is 13.7. The number of methoxy groups -OCH3 is 1. The molecule has 6 rings (SSSR count). The molecule has 3 aliphatic rings. The normalized spacial score (nSPS) is 19.7. The van der Waals surface area contributed by atoms with Crippen molar-refractivity contribution in [1.82, 2.24) is 9.80 Å². The SMILES string of the molecule is COC(=O)c1ccc([C@@H]2C=C(C(=O)N3CCN(Cc4ccc5c(c4)OCO5)CC3)O[C@H](OCc3ccc(CO)cc3)C2)cc1. The van der Waals surface area contributed by atoms with Crippen molar-refractivity contribution in [3.8, 4) is 11.5 Å². The number of carbonyl (C=O) groups is 2. The van der Waals surface area contributed by atoms with Gasteiger partial charge in [0, 0.05) is 45.1 Å². The number of hydrogen-bond acceptors (Lipinski definition) is 9. The fourth-order valence-electron chi connectivity index (χ4n) is 5.62. The molecule has 3 aliphatic heterocycles. The fourth-order valence-corrected chi connectivity index (χ4v) is 5.62. The van der Waals surface area contributed by atoms with E-state index < -0.39 is 12.3 Å². The zero-order chi connectivity index (χ0) is 30.5. The van der Waals surface area contributed by atoms with E-state index in [-0.39, 0.29) is 31.0 Å². The van der Waals surface area contributed by atoms with Crippen LogP contribution in [0.15, 0.2) is 78.6 Å². The van der Waals surface area contributed by atoms with Crippen molar-refractivity contribution >= 4 is 11.9 Å². The van der Waals surface area contributed by atoms with E-state index >= 15 is 0 Å². The standard InChI is InChI=1S/C34H36N2O8/c1-40-34(39)27-9-7-26(8-10-27)28-17-31(44-32(18-28)41-21-24-4-2-23(20-37)3-5-24)33(38)36-14-12-35(13-15-36)19-25-6-11-29-30(16-25)43-22-42-29/h2-11,16-17,28,32,37H,12-15,18-22H2,1H3/t28-,32+/m1/s1. The Balaban J connectivity index is 1.12. The quantitative estimate of drug-likeness (QED) is 0.365. The van der Waals surface area contributed by atoms with Gasteiger partial charge < -0.3 is 33.7 Å². The Kier molecular flexibility index (Phi) is 9.11. The van der Waals surface area contributed by atoms with Gasteiger partial charge in [0.2, 0.25) is 13.1 Å². The number of fused-ring (bicyclic) bond motifs is 1. The molecule has 0 saturated carbocycles.